The summed E-state index contributed by atoms with van der Waals surface area (Å²) < 4.78 is 2.52. The van der Waals surface area contributed by atoms with E-state index in [1.54, 1.807) is 5.56 Å². The molecular formula is C26H26N2. The van der Waals surface area contributed by atoms with E-state index in [1.807, 2.05) is 13.8 Å². The molecule has 3 aromatic carbocycles. The Balaban J connectivity index is 0.000000829. The Hall–Kier alpha value is -3.00. The molecule has 0 fully saturated rings. The van der Waals surface area contributed by atoms with Crippen LogP contribution < -0.4 is 0 Å². The quantitative estimate of drug-likeness (QED) is 0.325. The van der Waals surface area contributed by atoms with Gasteiger partial charge in [0, 0.05) is 33.1 Å². The van der Waals surface area contributed by atoms with E-state index in [4.69, 9.17) is 0 Å². The van der Waals surface area contributed by atoms with Crippen molar-refractivity contribution in [2.45, 2.75) is 39.5 Å². The zero-order valence-electron chi connectivity index (χ0n) is 16.6. The molecule has 6 rings (SSSR count). The Labute approximate surface area is 165 Å². The average molecular weight is 367 g/mol. The van der Waals surface area contributed by atoms with Gasteiger partial charge in [0.05, 0.1) is 11.0 Å². The molecule has 0 unspecified atom stereocenters. The minimum absolute atomic E-state index is 1.17. The molecule has 0 radical (unpaired) electrons. The van der Waals surface area contributed by atoms with Crippen LogP contribution in [0.1, 0.15) is 37.9 Å². The molecule has 1 aliphatic rings. The van der Waals surface area contributed by atoms with E-state index >= 15 is 0 Å². The lowest BCUT2D eigenvalue weighted by molar-refractivity contribution is 0.667. The predicted molar refractivity (Wildman–Crippen MR) is 121 cm³/mol. The summed E-state index contributed by atoms with van der Waals surface area (Å²) in [4.78, 5) is 3.72. The number of H-pyrrole nitrogens is 1. The molecule has 0 atom stereocenters. The van der Waals surface area contributed by atoms with Crippen LogP contribution in [-0.4, -0.2) is 9.55 Å². The van der Waals surface area contributed by atoms with Crippen LogP contribution >= 0.6 is 0 Å². The molecule has 5 aromatic rings. The number of hydrogen-bond donors (Lipinski definition) is 1. The minimum atomic E-state index is 1.17. The number of aromatic amines is 1. The summed E-state index contributed by atoms with van der Waals surface area (Å²) in [5.41, 5.74) is 8.15. The molecule has 0 saturated heterocycles. The Morgan fingerprint density at radius 3 is 2.29 bits per heavy atom. The van der Waals surface area contributed by atoms with E-state index in [1.165, 1.54) is 69.8 Å². The van der Waals surface area contributed by atoms with Gasteiger partial charge < -0.3 is 9.55 Å². The van der Waals surface area contributed by atoms with Crippen LogP contribution in [0, 0.1) is 0 Å². The van der Waals surface area contributed by atoms with Gasteiger partial charge in [-0.1, -0.05) is 62.4 Å². The SMILES string of the molecule is CC.c1ccc(-n2c3c(c4ccc5c6ccccc6[nH]c5c42)CCCC3)cc1. The highest BCUT2D eigenvalue weighted by atomic mass is 15.0. The summed E-state index contributed by atoms with van der Waals surface area (Å²) >= 11 is 0. The highest BCUT2D eigenvalue weighted by Gasteiger charge is 2.23. The number of hydrogen-bond acceptors (Lipinski definition) is 0. The van der Waals surface area contributed by atoms with Crippen LogP contribution in [-0.2, 0) is 12.8 Å². The molecule has 0 saturated carbocycles. The van der Waals surface area contributed by atoms with Gasteiger partial charge in [0.15, 0.2) is 0 Å². The smallest absolute Gasteiger partial charge is 0.0777 e. The lowest BCUT2D eigenvalue weighted by Gasteiger charge is -2.16. The highest BCUT2D eigenvalue weighted by molar-refractivity contribution is 6.17. The topological polar surface area (TPSA) is 20.7 Å². The second kappa shape index (κ2) is 6.87. The molecule has 0 aliphatic heterocycles. The summed E-state index contributed by atoms with van der Waals surface area (Å²) in [5.74, 6) is 0. The maximum atomic E-state index is 3.72. The number of rotatable bonds is 1. The van der Waals surface area contributed by atoms with Crippen LogP contribution in [0.3, 0.4) is 0 Å². The fraction of sp³-hybridized carbons (Fsp3) is 0.231. The van der Waals surface area contributed by atoms with Gasteiger partial charge in [-0.2, -0.15) is 0 Å². The van der Waals surface area contributed by atoms with Crippen LogP contribution in [0.15, 0.2) is 66.7 Å². The predicted octanol–water partition coefficient (Wildman–Crippen LogP) is 7.17. The molecule has 2 heteroatoms. The molecule has 0 spiro atoms. The molecule has 2 heterocycles. The molecule has 28 heavy (non-hydrogen) atoms. The molecular weight excluding hydrogens is 340 g/mol. The van der Waals surface area contributed by atoms with Gasteiger partial charge in [0.2, 0.25) is 0 Å². The zero-order valence-corrected chi connectivity index (χ0v) is 16.6. The van der Waals surface area contributed by atoms with Crippen molar-refractivity contribution < 1.29 is 0 Å². The first-order chi connectivity index (χ1) is 13.9. The summed E-state index contributed by atoms with van der Waals surface area (Å²) in [7, 11) is 0. The fourth-order valence-electron chi connectivity index (χ4n) is 4.80. The van der Waals surface area contributed by atoms with Crippen molar-refractivity contribution in [2.75, 3.05) is 0 Å². The van der Waals surface area contributed by atoms with Crippen molar-refractivity contribution in [1.29, 1.82) is 0 Å². The zero-order chi connectivity index (χ0) is 19.1. The van der Waals surface area contributed by atoms with Crippen molar-refractivity contribution in [3.63, 3.8) is 0 Å². The molecule has 140 valence electrons. The van der Waals surface area contributed by atoms with Gasteiger partial charge >= 0.3 is 0 Å². The number of aryl methyl sites for hydroxylation is 1. The molecule has 0 amide bonds. The third-order valence-electron chi connectivity index (χ3n) is 5.93. The van der Waals surface area contributed by atoms with Gasteiger partial charge in [-0.3, -0.25) is 0 Å². The van der Waals surface area contributed by atoms with Crippen molar-refractivity contribution in [3.8, 4) is 5.69 Å². The van der Waals surface area contributed by atoms with Crippen LogP contribution in [0.5, 0.6) is 0 Å². The summed E-state index contributed by atoms with van der Waals surface area (Å²) in [5, 5.41) is 4.05. The summed E-state index contributed by atoms with van der Waals surface area (Å²) in [6.07, 6.45) is 4.94. The first-order valence-electron chi connectivity index (χ1n) is 10.5. The van der Waals surface area contributed by atoms with Crippen molar-refractivity contribution >= 4 is 32.7 Å². The van der Waals surface area contributed by atoms with Gasteiger partial charge in [-0.25, -0.2) is 0 Å². The number of aromatic nitrogens is 2. The van der Waals surface area contributed by atoms with Gasteiger partial charge in [0.25, 0.3) is 0 Å². The molecule has 2 aromatic heterocycles. The monoisotopic (exact) mass is 366 g/mol. The lowest BCUT2D eigenvalue weighted by atomic mass is 9.95. The van der Waals surface area contributed by atoms with E-state index in [0.29, 0.717) is 0 Å². The van der Waals surface area contributed by atoms with E-state index < -0.39 is 0 Å². The van der Waals surface area contributed by atoms with E-state index in [0.717, 1.165) is 0 Å². The van der Waals surface area contributed by atoms with E-state index in [9.17, 15) is 0 Å². The normalized spacial score (nSPS) is 13.5. The van der Waals surface area contributed by atoms with E-state index in [2.05, 4.69) is 76.3 Å². The third-order valence-corrected chi connectivity index (χ3v) is 5.93. The van der Waals surface area contributed by atoms with Crippen LogP contribution in [0.25, 0.3) is 38.4 Å². The van der Waals surface area contributed by atoms with Crippen LogP contribution in [0.4, 0.5) is 0 Å². The van der Waals surface area contributed by atoms with Crippen molar-refractivity contribution in [3.05, 3.63) is 78.0 Å². The molecule has 2 nitrogen and oxygen atoms in total. The largest absolute Gasteiger partial charge is 0.353 e. The Morgan fingerprint density at radius 2 is 1.43 bits per heavy atom. The maximum absolute atomic E-state index is 3.72. The molecule has 1 aliphatic carbocycles. The second-order valence-electron chi connectivity index (χ2n) is 7.36. The Bertz CT molecular complexity index is 1270. The van der Waals surface area contributed by atoms with Crippen molar-refractivity contribution in [2.24, 2.45) is 0 Å². The minimum Gasteiger partial charge on any atom is -0.353 e. The van der Waals surface area contributed by atoms with Crippen LogP contribution in [0.2, 0.25) is 0 Å². The Kier molecular flexibility index (Phi) is 4.20. The second-order valence-corrected chi connectivity index (χ2v) is 7.36. The lowest BCUT2D eigenvalue weighted by Crippen LogP contribution is -2.06. The van der Waals surface area contributed by atoms with E-state index in [-0.39, 0.29) is 0 Å². The first-order valence-corrected chi connectivity index (χ1v) is 10.5. The number of benzene rings is 3. The first kappa shape index (κ1) is 17.1. The Morgan fingerprint density at radius 1 is 0.714 bits per heavy atom. The molecule has 0 bridgehead atoms. The maximum Gasteiger partial charge on any atom is 0.0777 e. The number of nitrogens with zero attached hydrogens (tertiary/aromatic N) is 1. The highest BCUT2D eigenvalue weighted by Crippen LogP contribution is 2.39. The standard InChI is InChI=1S/C24H20N2.C2H6/c1-2-8-16(9-3-1)26-22-13-7-5-11-18(22)20-15-14-19-17-10-4-6-12-21(17)25-23(19)24(20)26;1-2/h1-4,6,8-10,12,14-15,25H,5,7,11,13H2;1-2H3. The van der Waals surface area contributed by atoms with Crippen molar-refractivity contribution in [1.82, 2.24) is 9.55 Å². The van der Waals surface area contributed by atoms with Gasteiger partial charge in [-0.05, 0) is 49.4 Å². The third kappa shape index (κ3) is 2.41. The molecule has 1 N–H and O–H groups in total. The number of nitrogens with one attached hydrogen (secondary N) is 1. The van der Waals surface area contributed by atoms with Gasteiger partial charge in [-0.15, -0.1) is 0 Å². The summed E-state index contributed by atoms with van der Waals surface area (Å²) in [6, 6.07) is 24.1. The number of fused-ring (bicyclic) bond motifs is 7. The average Bonchev–Trinajstić information content (AvgIpc) is 3.31. The summed E-state index contributed by atoms with van der Waals surface area (Å²) in [6.45, 7) is 4.00. The fourth-order valence-corrected chi connectivity index (χ4v) is 4.80. The number of para-hydroxylation sites is 2. The van der Waals surface area contributed by atoms with Gasteiger partial charge in [0.1, 0.15) is 0 Å².